The fourth-order valence-corrected chi connectivity index (χ4v) is 2.25. The summed E-state index contributed by atoms with van der Waals surface area (Å²) in [7, 11) is 0. The van der Waals surface area contributed by atoms with Crippen molar-refractivity contribution in [2.45, 2.75) is 13.8 Å². The third-order valence-electron chi connectivity index (χ3n) is 3.14. The maximum atomic E-state index is 11.1. The average Bonchev–Trinajstić information content (AvgIpc) is 2.77. The predicted octanol–water partition coefficient (Wildman–Crippen LogP) is 1.58. The van der Waals surface area contributed by atoms with Crippen molar-refractivity contribution in [1.29, 1.82) is 0 Å². The van der Waals surface area contributed by atoms with Gasteiger partial charge in [0, 0.05) is 18.8 Å². The number of nitrogens with zero attached hydrogens (tertiary/aromatic N) is 3. The molecule has 0 spiro atoms. The number of hydrazone groups is 1. The zero-order valence-electron chi connectivity index (χ0n) is 11.7. The summed E-state index contributed by atoms with van der Waals surface area (Å²) in [6.07, 6.45) is 1.71. The molecule has 1 N–H and O–H groups in total. The van der Waals surface area contributed by atoms with Gasteiger partial charge in [-0.2, -0.15) is 5.10 Å². The highest BCUT2D eigenvalue weighted by Crippen LogP contribution is 2.14. The van der Waals surface area contributed by atoms with E-state index in [1.807, 2.05) is 12.1 Å². The Labute approximate surface area is 124 Å². The molecular formula is C14H18N4OS. The maximum Gasteiger partial charge on any atom is 0.248 e. The monoisotopic (exact) mass is 290 g/mol. The molecule has 0 bridgehead atoms. The van der Waals surface area contributed by atoms with Crippen LogP contribution in [0.15, 0.2) is 29.4 Å². The highest BCUT2D eigenvalue weighted by Gasteiger charge is 2.22. The summed E-state index contributed by atoms with van der Waals surface area (Å²) in [6, 6.07) is 8.15. The molecule has 0 unspecified atom stereocenters. The van der Waals surface area contributed by atoms with Crippen LogP contribution in [0.1, 0.15) is 19.4 Å². The number of rotatable bonds is 5. The molecule has 106 valence electrons. The molecule has 0 aliphatic carbocycles. The molecule has 6 heteroatoms. The second-order valence-electron chi connectivity index (χ2n) is 4.42. The number of carbonyl (C=O) groups is 1. The first-order valence-electron chi connectivity index (χ1n) is 6.64. The van der Waals surface area contributed by atoms with E-state index in [1.165, 1.54) is 10.7 Å². The third kappa shape index (κ3) is 3.33. The Morgan fingerprint density at radius 3 is 2.50 bits per heavy atom. The molecule has 1 aliphatic rings. The Balaban J connectivity index is 2.03. The minimum Gasteiger partial charge on any atom is -0.372 e. The highest BCUT2D eigenvalue weighted by molar-refractivity contribution is 7.80. The van der Waals surface area contributed by atoms with Gasteiger partial charge >= 0.3 is 0 Å². The van der Waals surface area contributed by atoms with E-state index in [0.717, 1.165) is 18.7 Å². The van der Waals surface area contributed by atoms with E-state index in [1.54, 1.807) is 6.21 Å². The number of hydrogen-bond donors (Lipinski definition) is 1. The number of amides is 1. The molecule has 0 aromatic heterocycles. The van der Waals surface area contributed by atoms with Crippen molar-refractivity contribution in [2.75, 3.05) is 24.5 Å². The lowest BCUT2D eigenvalue weighted by molar-refractivity contribution is -0.118. The molecule has 0 radical (unpaired) electrons. The smallest absolute Gasteiger partial charge is 0.248 e. The second kappa shape index (κ2) is 6.47. The lowest BCUT2D eigenvalue weighted by Crippen LogP contribution is -2.23. The van der Waals surface area contributed by atoms with Gasteiger partial charge in [-0.3, -0.25) is 10.1 Å². The highest BCUT2D eigenvalue weighted by atomic mass is 32.1. The molecule has 1 heterocycles. The first-order valence-corrected chi connectivity index (χ1v) is 7.05. The van der Waals surface area contributed by atoms with Crippen LogP contribution in [-0.2, 0) is 4.79 Å². The van der Waals surface area contributed by atoms with Gasteiger partial charge in [-0.05, 0) is 43.8 Å². The van der Waals surface area contributed by atoms with Crippen LogP contribution in [0.3, 0.4) is 0 Å². The van der Waals surface area contributed by atoms with Crippen molar-refractivity contribution in [2.24, 2.45) is 5.10 Å². The molecule has 1 aromatic rings. The van der Waals surface area contributed by atoms with Crippen molar-refractivity contribution in [3.8, 4) is 0 Å². The number of hydrogen-bond acceptors (Lipinski definition) is 4. The number of thiocarbonyl (C=S) groups is 1. The minimum absolute atomic E-state index is 0.121. The summed E-state index contributed by atoms with van der Waals surface area (Å²) in [5.74, 6) is -0.121. The van der Waals surface area contributed by atoms with Crippen LogP contribution < -0.4 is 10.2 Å². The van der Waals surface area contributed by atoms with E-state index in [9.17, 15) is 4.79 Å². The standard InChI is InChI=1S/C14H18N4OS/c1-3-17(4-2)12-7-5-11(6-8-12)9-15-18-10-13(19)16-14(18)20/h5-9H,3-4,10H2,1-2H3,(H,16,19,20). The molecule has 0 saturated carbocycles. The predicted molar refractivity (Wildman–Crippen MR) is 85.0 cm³/mol. The van der Waals surface area contributed by atoms with Gasteiger partial charge in [0.2, 0.25) is 5.91 Å². The maximum absolute atomic E-state index is 11.1. The Hall–Kier alpha value is -1.95. The van der Waals surface area contributed by atoms with Gasteiger partial charge in [-0.25, -0.2) is 5.01 Å². The molecule has 1 aromatic carbocycles. The number of benzene rings is 1. The Morgan fingerprint density at radius 1 is 1.35 bits per heavy atom. The van der Waals surface area contributed by atoms with Gasteiger partial charge in [0.25, 0.3) is 0 Å². The number of anilines is 1. The van der Waals surface area contributed by atoms with Crippen LogP contribution in [0.25, 0.3) is 0 Å². The number of nitrogens with one attached hydrogen (secondary N) is 1. The molecule has 2 rings (SSSR count). The lowest BCUT2D eigenvalue weighted by atomic mass is 10.2. The quantitative estimate of drug-likeness (QED) is 0.661. The van der Waals surface area contributed by atoms with Crippen molar-refractivity contribution in [3.05, 3.63) is 29.8 Å². The van der Waals surface area contributed by atoms with Crippen molar-refractivity contribution in [3.63, 3.8) is 0 Å². The molecule has 20 heavy (non-hydrogen) atoms. The van der Waals surface area contributed by atoms with Crippen LogP contribution >= 0.6 is 12.2 Å². The fourth-order valence-electron chi connectivity index (χ4n) is 2.02. The first kappa shape index (κ1) is 14.5. The molecular weight excluding hydrogens is 272 g/mol. The van der Waals surface area contributed by atoms with E-state index < -0.39 is 0 Å². The zero-order chi connectivity index (χ0) is 14.5. The molecule has 1 amide bonds. The fraction of sp³-hybridized carbons (Fsp3) is 0.357. The normalized spacial score (nSPS) is 15.0. The van der Waals surface area contributed by atoms with Gasteiger partial charge in [0.1, 0.15) is 6.54 Å². The Bertz CT molecular complexity index is 522. The van der Waals surface area contributed by atoms with Gasteiger partial charge in [0.05, 0.1) is 6.21 Å². The van der Waals surface area contributed by atoms with Crippen LogP contribution in [0.5, 0.6) is 0 Å². The van der Waals surface area contributed by atoms with Crippen LogP contribution in [0, 0.1) is 0 Å². The Kier molecular flexibility index (Phi) is 4.68. The summed E-state index contributed by atoms with van der Waals surface area (Å²) in [5, 5.41) is 8.59. The van der Waals surface area contributed by atoms with Crippen molar-refractivity contribution < 1.29 is 4.79 Å². The molecule has 0 atom stereocenters. The van der Waals surface area contributed by atoms with E-state index in [4.69, 9.17) is 12.2 Å². The SMILES string of the molecule is CCN(CC)c1ccc(C=NN2CC(=O)NC2=S)cc1. The summed E-state index contributed by atoms with van der Waals surface area (Å²) < 4.78 is 0. The molecule has 1 aliphatic heterocycles. The first-order chi connectivity index (χ1) is 9.63. The molecule has 1 saturated heterocycles. The van der Waals surface area contributed by atoms with E-state index in [-0.39, 0.29) is 12.5 Å². The average molecular weight is 290 g/mol. The summed E-state index contributed by atoms with van der Waals surface area (Å²) in [5.41, 5.74) is 2.17. The van der Waals surface area contributed by atoms with E-state index >= 15 is 0 Å². The Morgan fingerprint density at radius 2 is 2.00 bits per heavy atom. The van der Waals surface area contributed by atoms with Gasteiger partial charge < -0.3 is 4.90 Å². The lowest BCUT2D eigenvalue weighted by Gasteiger charge is -2.20. The van der Waals surface area contributed by atoms with Crippen molar-refractivity contribution >= 4 is 35.1 Å². The molecule has 1 fully saturated rings. The second-order valence-corrected chi connectivity index (χ2v) is 4.81. The summed E-state index contributed by atoms with van der Waals surface area (Å²) in [6.45, 7) is 6.43. The van der Waals surface area contributed by atoms with E-state index in [0.29, 0.717) is 5.11 Å². The largest absolute Gasteiger partial charge is 0.372 e. The topological polar surface area (TPSA) is 47.9 Å². The van der Waals surface area contributed by atoms with Gasteiger partial charge in [-0.1, -0.05) is 12.1 Å². The minimum atomic E-state index is -0.121. The van der Waals surface area contributed by atoms with Crippen LogP contribution in [-0.4, -0.2) is 41.9 Å². The summed E-state index contributed by atoms with van der Waals surface area (Å²) >= 11 is 4.99. The van der Waals surface area contributed by atoms with Gasteiger partial charge in [0.15, 0.2) is 5.11 Å². The molecule has 5 nitrogen and oxygen atoms in total. The van der Waals surface area contributed by atoms with Crippen LogP contribution in [0.2, 0.25) is 0 Å². The zero-order valence-corrected chi connectivity index (χ0v) is 12.5. The third-order valence-corrected chi connectivity index (χ3v) is 3.45. The van der Waals surface area contributed by atoms with Crippen LogP contribution in [0.4, 0.5) is 5.69 Å². The van der Waals surface area contributed by atoms with E-state index in [2.05, 4.69) is 41.3 Å². The van der Waals surface area contributed by atoms with Gasteiger partial charge in [-0.15, -0.1) is 0 Å². The number of carbonyl (C=O) groups excluding carboxylic acids is 1. The summed E-state index contributed by atoms with van der Waals surface area (Å²) in [4.78, 5) is 13.4. The van der Waals surface area contributed by atoms with Crippen molar-refractivity contribution in [1.82, 2.24) is 10.3 Å².